The molecule has 4 nitrogen and oxygen atoms in total. The van der Waals surface area contributed by atoms with E-state index < -0.39 is 0 Å². The smallest absolute Gasteiger partial charge is 0.235 e. The van der Waals surface area contributed by atoms with E-state index in [9.17, 15) is 4.79 Å². The number of rotatable bonds is 2. The van der Waals surface area contributed by atoms with E-state index in [1.54, 1.807) is 0 Å². The molecule has 108 valence electrons. The van der Waals surface area contributed by atoms with E-state index in [2.05, 4.69) is 10.3 Å². The molecule has 3 rings (SSSR count). The first kappa shape index (κ1) is 13.8. The fourth-order valence-electron chi connectivity index (χ4n) is 2.72. The standard InChI is InChI=1S/C17H18N2O2/c1-11-7-12(2)18-16(8-11)19-17(20)15-10-21-9-13-5-3-4-6-14(13)15/h3-8,15H,9-10H2,1-2H3,(H,18,19,20). The number of anilines is 1. The molecule has 0 saturated carbocycles. The molecule has 2 aromatic rings. The highest BCUT2D eigenvalue weighted by molar-refractivity contribution is 5.95. The molecule has 2 heterocycles. The van der Waals surface area contributed by atoms with Gasteiger partial charge in [-0.3, -0.25) is 4.79 Å². The van der Waals surface area contributed by atoms with Crippen molar-refractivity contribution in [2.75, 3.05) is 11.9 Å². The largest absolute Gasteiger partial charge is 0.376 e. The van der Waals surface area contributed by atoms with Crippen LogP contribution in [0, 0.1) is 13.8 Å². The minimum absolute atomic E-state index is 0.0698. The minimum atomic E-state index is -0.280. The average Bonchev–Trinajstić information content (AvgIpc) is 2.45. The summed E-state index contributed by atoms with van der Waals surface area (Å²) in [7, 11) is 0. The molecule has 1 amide bonds. The maximum Gasteiger partial charge on any atom is 0.235 e. The molecule has 0 saturated heterocycles. The molecule has 1 N–H and O–H groups in total. The zero-order chi connectivity index (χ0) is 14.8. The van der Waals surface area contributed by atoms with Crippen LogP contribution in [-0.2, 0) is 16.1 Å². The highest BCUT2D eigenvalue weighted by Gasteiger charge is 2.27. The lowest BCUT2D eigenvalue weighted by molar-refractivity contribution is -0.119. The molecule has 0 bridgehead atoms. The first-order valence-electron chi connectivity index (χ1n) is 7.05. The minimum Gasteiger partial charge on any atom is -0.376 e. The van der Waals surface area contributed by atoms with Gasteiger partial charge in [-0.15, -0.1) is 0 Å². The van der Waals surface area contributed by atoms with E-state index in [1.807, 2.05) is 50.2 Å². The lowest BCUT2D eigenvalue weighted by Gasteiger charge is -2.24. The van der Waals surface area contributed by atoms with Crippen molar-refractivity contribution >= 4 is 11.7 Å². The maximum atomic E-state index is 12.5. The van der Waals surface area contributed by atoms with Gasteiger partial charge >= 0.3 is 0 Å². The Morgan fingerprint density at radius 3 is 2.90 bits per heavy atom. The highest BCUT2D eigenvalue weighted by Crippen LogP contribution is 2.27. The van der Waals surface area contributed by atoms with Crippen LogP contribution < -0.4 is 5.32 Å². The summed E-state index contributed by atoms with van der Waals surface area (Å²) in [5.41, 5.74) is 4.10. The lowest BCUT2D eigenvalue weighted by atomic mass is 9.92. The lowest BCUT2D eigenvalue weighted by Crippen LogP contribution is -2.29. The number of nitrogens with one attached hydrogen (secondary N) is 1. The number of benzene rings is 1. The van der Waals surface area contributed by atoms with Crippen LogP contribution in [0.4, 0.5) is 5.82 Å². The van der Waals surface area contributed by atoms with Crippen LogP contribution >= 0.6 is 0 Å². The van der Waals surface area contributed by atoms with Gasteiger partial charge in [0, 0.05) is 5.69 Å². The van der Waals surface area contributed by atoms with E-state index >= 15 is 0 Å². The number of amides is 1. The van der Waals surface area contributed by atoms with Crippen molar-refractivity contribution in [3.63, 3.8) is 0 Å². The predicted molar refractivity (Wildman–Crippen MR) is 81.2 cm³/mol. The van der Waals surface area contributed by atoms with Gasteiger partial charge in [-0.1, -0.05) is 24.3 Å². The van der Waals surface area contributed by atoms with Crippen molar-refractivity contribution in [1.29, 1.82) is 0 Å². The molecule has 1 atom stereocenters. The molecule has 1 aromatic carbocycles. The molecule has 1 unspecified atom stereocenters. The number of aromatic nitrogens is 1. The number of nitrogens with zero attached hydrogens (tertiary/aromatic N) is 1. The Hall–Kier alpha value is -2.20. The number of carbonyl (C=O) groups excluding carboxylic acids is 1. The van der Waals surface area contributed by atoms with Crippen molar-refractivity contribution in [3.05, 3.63) is 58.8 Å². The second kappa shape index (κ2) is 5.66. The van der Waals surface area contributed by atoms with Crippen LogP contribution in [-0.4, -0.2) is 17.5 Å². The summed E-state index contributed by atoms with van der Waals surface area (Å²) in [6.45, 7) is 4.89. The Balaban J connectivity index is 1.83. The Kier molecular flexibility index (Phi) is 3.71. The third-order valence-electron chi connectivity index (χ3n) is 3.64. The van der Waals surface area contributed by atoms with Crippen LogP contribution in [0.15, 0.2) is 36.4 Å². The summed E-state index contributed by atoms with van der Waals surface area (Å²) >= 11 is 0. The zero-order valence-electron chi connectivity index (χ0n) is 12.2. The van der Waals surface area contributed by atoms with Gasteiger partial charge in [0.1, 0.15) is 5.82 Å². The molecule has 0 fully saturated rings. The number of hydrogen-bond donors (Lipinski definition) is 1. The molecule has 0 radical (unpaired) electrons. The number of aryl methyl sites for hydroxylation is 2. The van der Waals surface area contributed by atoms with Crippen LogP contribution in [0.25, 0.3) is 0 Å². The number of pyridine rings is 1. The van der Waals surface area contributed by atoms with Crippen molar-refractivity contribution in [2.24, 2.45) is 0 Å². The third-order valence-corrected chi connectivity index (χ3v) is 3.64. The summed E-state index contributed by atoms with van der Waals surface area (Å²) in [5, 5.41) is 2.90. The second-order valence-corrected chi connectivity index (χ2v) is 5.43. The summed E-state index contributed by atoms with van der Waals surface area (Å²) < 4.78 is 5.53. The van der Waals surface area contributed by atoms with Gasteiger partial charge < -0.3 is 10.1 Å². The summed E-state index contributed by atoms with van der Waals surface area (Å²) in [5.74, 6) is 0.248. The van der Waals surface area contributed by atoms with Crippen molar-refractivity contribution in [2.45, 2.75) is 26.4 Å². The summed E-state index contributed by atoms with van der Waals surface area (Å²) in [6, 6.07) is 11.8. The SMILES string of the molecule is Cc1cc(C)nc(NC(=O)C2COCc3ccccc32)c1. The van der Waals surface area contributed by atoms with Gasteiger partial charge in [0.25, 0.3) is 0 Å². The van der Waals surface area contributed by atoms with E-state index in [4.69, 9.17) is 4.74 Å². The van der Waals surface area contributed by atoms with Crippen molar-refractivity contribution < 1.29 is 9.53 Å². The van der Waals surface area contributed by atoms with Gasteiger partial charge in [-0.25, -0.2) is 4.98 Å². The van der Waals surface area contributed by atoms with Crippen molar-refractivity contribution in [3.8, 4) is 0 Å². The molecule has 1 aliphatic rings. The molecular formula is C17H18N2O2. The quantitative estimate of drug-likeness (QED) is 0.921. The number of hydrogen-bond acceptors (Lipinski definition) is 3. The molecule has 21 heavy (non-hydrogen) atoms. The molecule has 0 spiro atoms. The third kappa shape index (κ3) is 2.95. The number of fused-ring (bicyclic) bond motifs is 1. The molecular weight excluding hydrogens is 264 g/mol. The molecule has 4 heteroatoms. The number of carbonyl (C=O) groups is 1. The van der Waals surface area contributed by atoms with E-state index in [-0.39, 0.29) is 11.8 Å². The highest BCUT2D eigenvalue weighted by atomic mass is 16.5. The second-order valence-electron chi connectivity index (χ2n) is 5.43. The van der Waals surface area contributed by atoms with Gasteiger partial charge in [-0.2, -0.15) is 0 Å². The van der Waals surface area contributed by atoms with E-state index in [0.29, 0.717) is 19.0 Å². The Morgan fingerprint density at radius 1 is 1.29 bits per heavy atom. The summed E-state index contributed by atoms with van der Waals surface area (Å²) in [4.78, 5) is 16.9. The Morgan fingerprint density at radius 2 is 2.10 bits per heavy atom. The topological polar surface area (TPSA) is 51.2 Å². The summed E-state index contributed by atoms with van der Waals surface area (Å²) in [6.07, 6.45) is 0. The van der Waals surface area contributed by atoms with Gasteiger partial charge in [0.15, 0.2) is 0 Å². The van der Waals surface area contributed by atoms with E-state index in [0.717, 1.165) is 22.4 Å². The number of ether oxygens (including phenoxy) is 1. The van der Waals surface area contributed by atoms with Crippen LogP contribution in [0.1, 0.15) is 28.3 Å². The van der Waals surface area contributed by atoms with Crippen molar-refractivity contribution in [1.82, 2.24) is 4.98 Å². The predicted octanol–water partition coefficient (Wildman–Crippen LogP) is 2.95. The van der Waals surface area contributed by atoms with Crippen LogP contribution in [0.5, 0.6) is 0 Å². The van der Waals surface area contributed by atoms with Gasteiger partial charge in [0.2, 0.25) is 5.91 Å². The zero-order valence-corrected chi connectivity index (χ0v) is 12.2. The fourth-order valence-corrected chi connectivity index (χ4v) is 2.72. The maximum absolute atomic E-state index is 12.5. The molecule has 0 aliphatic carbocycles. The van der Waals surface area contributed by atoms with E-state index in [1.165, 1.54) is 0 Å². The Labute approximate surface area is 124 Å². The van der Waals surface area contributed by atoms with Crippen LogP contribution in [0.2, 0.25) is 0 Å². The molecule has 1 aliphatic heterocycles. The average molecular weight is 282 g/mol. The monoisotopic (exact) mass is 282 g/mol. The normalized spacial score (nSPS) is 17.1. The van der Waals surface area contributed by atoms with Crippen LogP contribution in [0.3, 0.4) is 0 Å². The van der Waals surface area contributed by atoms with Gasteiger partial charge in [-0.05, 0) is 42.7 Å². The Bertz CT molecular complexity index is 662. The first-order valence-corrected chi connectivity index (χ1v) is 7.05. The molecule has 1 aromatic heterocycles. The first-order chi connectivity index (χ1) is 10.1. The fraction of sp³-hybridized carbons (Fsp3) is 0.294. The van der Waals surface area contributed by atoms with Gasteiger partial charge in [0.05, 0.1) is 19.1 Å².